The topological polar surface area (TPSA) is 53.1 Å². The summed E-state index contributed by atoms with van der Waals surface area (Å²) in [7, 11) is 2.10. The molecule has 1 unspecified atom stereocenters. The molecule has 3 fully saturated rings. The van der Waals surface area contributed by atoms with E-state index in [0.29, 0.717) is 25.6 Å². The summed E-state index contributed by atoms with van der Waals surface area (Å²) in [5.41, 5.74) is 1.13. The lowest BCUT2D eigenvalue weighted by Crippen LogP contribution is -2.48. The number of piperazine rings is 1. The van der Waals surface area contributed by atoms with E-state index in [1.807, 2.05) is 35.2 Å². The molecule has 4 rings (SSSR count). The van der Waals surface area contributed by atoms with Gasteiger partial charge in [-0.25, -0.2) is 4.79 Å². The van der Waals surface area contributed by atoms with Crippen molar-refractivity contribution >= 4 is 12.0 Å². The molecule has 0 aromatic heterocycles. The number of carbonyl (C=O) groups excluding carboxylic acids is 2. The van der Waals surface area contributed by atoms with Gasteiger partial charge in [-0.15, -0.1) is 0 Å². The third-order valence-electron chi connectivity index (χ3n) is 6.53. The molecule has 0 N–H and O–H groups in total. The largest absolute Gasteiger partial charge is 0.445 e. The Labute approximate surface area is 161 Å². The van der Waals surface area contributed by atoms with Crippen molar-refractivity contribution in [1.29, 1.82) is 0 Å². The van der Waals surface area contributed by atoms with Crippen molar-refractivity contribution in [2.24, 2.45) is 11.3 Å². The number of hydrogen-bond donors (Lipinski definition) is 0. The number of likely N-dealkylation sites (tertiary alicyclic amines) is 1. The van der Waals surface area contributed by atoms with E-state index in [4.69, 9.17) is 4.74 Å². The highest BCUT2D eigenvalue weighted by molar-refractivity contribution is 5.83. The lowest BCUT2D eigenvalue weighted by Gasteiger charge is -2.35. The van der Waals surface area contributed by atoms with Gasteiger partial charge in [0.25, 0.3) is 0 Å². The Balaban J connectivity index is 1.23. The summed E-state index contributed by atoms with van der Waals surface area (Å²) in [5.74, 6) is 0.506. The molecule has 2 heterocycles. The number of rotatable bonds is 3. The second-order valence-corrected chi connectivity index (χ2v) is 8.27. The van der Waals surface area contributed by atoms with E-state index in [0.717, 1.165) is 51.0 Å². The van der Waals surface area contributed by atoms with E-state index in [1.165, 1.54) is 0 Å². The van der Waals surface area contributed by atoms with Crippen molar-refractivity contribution in [2.45, 2.75) is 25.9 Å². The normalized spacial score (nSPS) is 24.7. The van der Waals surface area contributed by atoms with Crippen LogP contribution in [0, 0.1) is 11.3 Å². The van der Waals surface area contributed by atoms with Gasteiger partial charge in [-0.05, 0) is 37.3 Å². The Bertz CT molecular complexity index is 677. The SMILES string of the molecule is CN1CCN(C(=O)C2CC23CCN(C(=O)OCc2ccccc2)CC3)CC1. The highest BCUT2D eigenvalue weighted by atomic mass is 16.6. The first-order chi connectivity index (χ1) is 13.1. The molecule has 1 aromatic carbocycles. The summed E-state index contributed by atoms with van der Waals surface area (Å²) in [6.07, 6.45) is 2.58. The molecule has 1 atom stereocenters. The van der Waals surface area contributed by atoms with Gasteiger partial charge in [0.15, 0.2) is 0 Å². The van der Waals surface area contributed by atoms with Gasteiger partial charge in [0.2, 0.25) is 5.91 Å². The molecule has 2 aliphatic heterocycles. The van der Waals surface area contributed by atoms with Crippen LogP contribution >= 0.6 is 0 Å². The highest BCUT2D eigenvalue weighted by Crippen LogP contribution is 2.60. The Kier molecular flexibility index (Phi) is 5.08. The lowest BCUT2D eigenvalue weighted by molar-refractivity contribution is -0.135. The first-order valence-corrected chi connectivity index (χ1v) is 10.0. The van der Waals surface area contributed by atoms with E-state index < -0.39 is 0 Å². The fourth-order valence-electron chi connectivity index (χ4n) is 4.44. The van der Waals surface area contributed by atoms with Crippen LogP contribution in [-0.4, -0.2) is 73.0 Å². The maximum atomic E-state index is 12.8. The molecule has 1 aliphatic carbocycles. The van der Waals surface area contributed by atoms with Crippen LogP contribution in [0.4, 0.5) is 4.79 Å². The number of amides is 2. The van der Waals surface area contributed by atoms with Gasteiger partial charge in [0, 0.05) is 45.2 Å². The number of benzene rings is 1. The minimum atomic E-state index is -0.240. The van der Waals surface area contributed by atoms with Crippen molar-refractivity contribution in [3.8, 4) is 0 Å². The van der Waals surface area contributed by atoms with E-state index in [1.54, 1.807) is 4.90 Å². The minimum absolute atomic E-state index is 0.136. The third-order valence-corrected chi connectivity index (χ3v) is 6.53. The van der Waals surface area contributed by atoms with Crippen LogP contribution < -0.4 is 0 Å². The molecule has 2 amide bonds. The molecule has 2 saturated heterocycles. The predicted octanol–water partition coefficient (Wildman–Crippen LogP) is 2.20. The van der Waals surface area contributed by atoms with Crippen molar-refractivity contribution in [1.82, 2.24) is 14.7 Å². The van der Waals surface area contributed by atoms with Gasteiger partial charge in [0.1, 0.15) is 6.61 Å². The van der Waals surface area contributed by atoms with Gasteiger partial charge >= 0.3 is 6.09 Å². The second kappa shape index (κ2) is 7.50. The summed E-state index contributed by atoms with van der Waals surface area (Å²) in [5, 5.41) is 0. The van der Waals surface area contributed by atoms with Gasteiger partial charge in [0.05, 0.1) is 0 Å². The molecule has 0 bridgehead atoms. The van der Waals surface area contributed by atoms with Crippen LogP contribution in [0.25, 0.3) is 0 Å². The minimum Gasteiger partial charge on any atom is -0.445 e. The van der Waals surface area contributed by atoms with Crippen LogP contribution in [0.2, 0.25) is 0 Å². The highest BCUT2D eigenvalue weighted by Gasteiger charge is 2.59. The molecule has 1 spiro atoms. The van der Waals surface area contributed by atoms with Crippen LogP contribution in [0.5, 0.6) is 0 Å². The maximum absolute atomic E-state index is 12.8. The summed E-state index contributed by atoms with van der Waals surface area (Å²) in [6, 6.07) is 9.75. The molecule has 3 aliphatic rings. The summed E-state index contributed by atoms with van der Waals surface area (Å²) < 4.78 is 5.44. The van der Waals surface area contributed by atoms with E-state index in [9.17, 15) is 9.59 Å². The smallest absolute Gasteiger partial charge is 0.410 e. The number of ether oxygens (including phenoxy) is 1. The summed E-state index contributed by atoms with van der Waals surface area (Å²) in [4.78, 5) is 31.2. The number of nitrogens with zero attached hydrogens (tertiary/aromatic N) is 3. The Hall–Kier alpha value is -2.08. The van der Waals surface area contributed by atoms with Crippen molar-refractivity contribution < 1.29 is 14.3 Å². The predicted molar refractivity (Wildman–Crippen MR) is 102 cm³/mol. The number of carbonyl (C=O) groups is 2. The van der Waals surface area contributed by atoms with Gasteiger partial charge in [-0.1, -0.05) is 30.3 Å². The Morgan fingerprint density at radius 2 is 1.67 bits per heavy atom. The van der Waals surface area contributed by atoms with Gasteiger partial charge < -0.3 is 19.4 Å². The first kappa shape index (κ1) is 18.3. The monoisotopic (exact) mass is 371 g/mol. The van der Waals surface area contributed by atoms with Crippen molar-refractivity contribution in [2.75, 3.05) is 46.3 Å². The summed E-state index contributed by atoms with van der Waals surface area (Å²) in [6.45, 7) is 5.32. The third kappa shape index (κ3) is 3.95. The van der Waals surface area contributed by atoms with E-state index >= 15 is 0 Å². The fraction of sp³-hybridized carbons (Fsp3) is 0.619. The summed E-state index contributed by atoms with van der Waals surface area (Å²) >= 11 is 0. The van der Waals surface area contributed by atoms with Crippen LogP contribution in [0.1, 0.15) is 24.8 Å². The molecule has 6 heteroatoms. The molecule has 6 nitrogen and oxygen atoms in total. The maximum Gasteiger partial charge on any atom is 0.410 e. The van der Waals surface area contributed by atoms with E-state index in [-0.39, 0.29) is 17.4 Å². The molecule has 146 valence electrons. The first-order valence-electron chi connectivity index (χ1n) is 10.0. The van der Waals surface area contributed by atoms with Crippen LogP contribution in [-0.2, 0) is 16.1 Å². The molecular formula is C21H29N3O3. The fourth-order valence-corrected chi connectivity index (χ4v) is 4.44. The quantitative estimate of drug-likeness (QED) is 0.817. The van der Waals surface area contributed by atoms with Gasteiger partial charge in [-0.2, -0.15) is 0 Å². The number of hydrogen-bond acceptors (Lipinski definition) is 4. The number of likely N-dealkylation sites (N-methyl/N-ethyl adjacent to an activating group) is 1. The molecule has 1 saturated carbocycles. The van der Waals surface area contributed by atoms with Crippen LogP contribution in [0.15, 0.2) is 30.3 Å². The zero-order chi connectivity index (χ0) is 18.9. The van der Waals surface area contributed by atoms with Crippen LogP contribution in [0.3, 0.4) is 0 Å². The Morgan fingerprint density at radius 3 is 2.33 bits per heavy atom. The zero-order valence-corrected chi connectivity index (χ0v) is 16.1. The molecule has 1 aromatic rings. The van der Waals surface area contributed by atoms with Crippen molar-refractivity contribution in [3.63, 3.8) is 0 Å². The average molecular weight is 371 g/mol. The second-order valence-electron chi connectivity index (χ2n) is 8.27. The lowest BCUT2D eigenvalue weighted by atomic mass is 9.90. The van der Waals surface area contributed by atoms with Gasteiger partial charge in [-0.3, -0.25) is 4.79 Å². The molecule has 0 radical (unpaired) electrons. The van der Waals surface area contributed by atoms with E-state index in [2.05, 4.69) is 11.9 Å². The van der Waals surface area contributed by atoms with Crippen molar-refractivity contribution in [3.05, 3.63) is 35.9 Å². The molecule has 27 heavy (non-hydrogen) atoms. The standard InChI is InChI=1S/C21H29N3O3/c1-22-11-13-23(14-12-22)19(25)18-15-21(18)7-9-24(10-8-21)20(26)27-16-17-5-3-2-4-6-17/h2-6,18H,7-16H2,1H3. The average Bonchev–Trinajstić information content (AvgIpc) is 3.40. The Morgan fingerprint density at radius 1 is 1.00 bits per heavy atom. The number of piperidine rings is 1. The zero-order valence-electron chi connectivity index (χ0n) is 16.1. The molecular weight excluding hydrogens is 342 g/mol.